The predicted molar refractivity (Wildman–Crippen MR) is 62.4 cm³/mol. The summed E-state index contributed by atoms with van der Waals surface area (Å²) in [6.07, 6.45) is 0. The average molecular weight is 261 g/mol. The minimum absolute atomic E-state index is 0.00258. The van der Waals surface area contributed by atoms with Crippen LogP contribution in [-0.2, 0) is 19.1 Å². The molecule has 0 saturated heterocycles. The number of hydrogen-bond acceptors (Lipinski definition) is 6. The summed E-state index contributed by atoms with van der Waals surface area (Å²) in [5.74, 6) is -2.35. The molecule has 0 heterocycles. The predicted octanol–water partition coefficient (Wildman–Crippen LogP) is -2.55. The van der Waals surface area contributed by atoms with E-state index in [2.05, 4.69) is 5.32 Å². The lowest BCUT2D eigenvalue weighted by molar-refractivity contribution is -0.151. The van der Waals surface area contributed by atoms with E-state index in [0.29, 0.717) is 0 Å². The molecule has 0 aliphatic heterocycles. The number of hydrogen-bond donors (Lipinski definition) is 3. The third-order valence-electron chi connectivity index (χ3n) is 1.94. The van der Waals surface area contributed by atoms with Crippen LogP contribution in [0.3, 0.4) is 0 Å². The molecule has 0 fully saturated rings. The van der Waals surface area contributed by atoms with Crippen LogP contribution in [0.15, 0.2) is 0 Å². The highest BCUT2D eigenvalue weighted by atomic mass is 16.5. The van der Waals surface area contributed by atoms with Gasteiger partial charge in [-0.2, -0.15) is 0 Å². The molecule has 0 aromatic heterocycles. The highest BCUT2D eigenvalue weighted by molar-refractivity contribution is 6.37. The van der Waals surface area contributed by atoms with Crippen molar-refractivity contribution < 1.29 is 24.2 Å². The van der Waals surface area contributed by atoms with Crippen molar-refractivity contribution in [1.29, 1.82) is 0 Å². The summed E-state index contributed by atoms with van der Waals surface area (Å²) in [6, 6.07) is 0. The van der Waals surface area contributed by atoms with Gasteiger partial charge in [-0.25, -0.2) is 0 Å². The van der Waals surface area contributed by atoms with Crippen LogP contribution in [0, 0.1) is 0 Å². The summed E-state index contributed by atoms with van der Waals surface area (Å²) in [6.45, 7) is 1.64. The van der Waals surface area contributed by atoms with E-state index in [9.17, 15) is 14.4 Å². The fourth-order valence-corrected chi connectivity index (χ4v) is 1.13. The van der Waals surface area contributed by atoms with E-state index in [1.54, 1.807) is 0 Å². The normalized spacial score (nSPS) is 9.94. The first-order valence-corrected chi connectivity index (χ1v) is 5.53. The molecular weight excluding hydrogens is 242 g/mol. The fourth-order valence-electron chi connectivity index (χ4n) is 1.13. The van der Waals surface area contributed by atoms with Crippen LogP contribution in [0.2, 0.25) is 0 Å². The smallest absolute Gasteiger partial charge is 0.318 e. The molecule has 3 amide bonds. The Morgan fingerprint density at radius 2 is 2.00 bits per heavy atom. The number of aliphatic hydroxyl groups is 1. The number of nitrogens with two attached hydrogens (primary N) is 1. The molecule has 0 unspecified atom stereocenters. The maximum Gasteiger partial charge on any atom is 0.318 e. The molecule has 0 aliphatic rings. The first-order valence-electron chi connectivity index (χ1n) is 5.53. The zero-order valence-corrected chi connectivity index (χ0v) is 10.3. The summed E-state index contributed by atoms with van der Waals surface area (Å²) in [7, 11) is 0. The minimum Gasteiger partial charge on any atom is -0.394 e. The SMILES string of the molecule is CC(=O)N(CCN)C(=O)C(=O)NCCOCCO. The van der Waals surface area contributed by atoms with E-state index in [-0.39, 0.29) is 39.5 Å². The largest absolute Gasteiger partial charge is 0.394 e. The van der Waals surface area contributed by atoms with Gasteiger partial charge in [0.1, 0.15) is 0 Å². The van der Waals surface area contributed by atoms with Crippen LogP contribution in [-0.4, -0.2) is 67.2 Å². The first kappa shape index (κ1) is 16.5. The van der Waals surface area contributed by atoms with Gasteiger partial charge in [-0.3, -0.25) is 19.3 Å². The molecule has 0 spiro atoms. The highest BCUT2D eigenvalue weighted by Gasteiger charge is 2.23. The summed E-state index contributed by atoms with van der Waals surface area (Å²) in [4.78, 5) is 34.8. The number of carbonyl (C=O) groups is 3. The summed E-state index contributed by atoms with van der Waals surface area (Å²) >= 11 is 0. The van der Waals surface area contributed by atoms with Crippen LogP contribution >= 0.6 is 0 Å². The van der Waals surface area contributed by atoms with E-state index < -0.39 is 17.7 Å². The molecular formula is C10H19N3O5. The summed E-state index contributed by atoms with van der Waals surface area (Å²) < 4.78 is 4.89. The number of imide groups is 1. The molecule has 4 N–H and O–H groups in total. The number of nitrogens with one attached hydrogen (secondary N) is 1. The zero-order chi connectivity index (χ0) is 14.0. The second kappa shape index (κ2) is 9.51. The van der Waals surface area contributed by atoms with E-state index in [0.717, 1.165) is 4.90 Å². The lowest BCUT2D eigenvalue weighted by Gasteiger charge is -2.17. The van der Waals surface area contributed by atoms with Crippen molar-refractivity contribution in [3.8, 4) is 0 Å². The van der Waals surface area contributed by atoms with Crippen molar-refractivity contribution in [1.82, 2.24) is 10.2 Å². The maximum absolute atomic E-state index is 11.6. The van der Waals surface area contributed by atoms with E-state index in [1.807, 2.05) is 0 Å². The lowest BCUT2D eigenvalue weighted by Crippen LogP contribution is -2.47. The first-order chi connectivity index (χ1) is 8.54. The van der Waals surface area contributed by atoms with E-state index >= 15 is 0 Å². The van der Waals surface area contributed by atoms with Crippen molar-refractivity contribution in [3.05, 3.63) is 0 Å². The van der Waals surface area contributed by atoms with Crippen molar-refractivity contribution in [2.45, 2.75) is 6.92 Å². The average Bonchev–Trinajstić information content (AvgIpc) is 2.34. The van der Waals surface area contributed by atoms with Gasteiger partial charge in [0.2, 0.25) is 5.91 Å². The fraction of sp³-hybridized carbons (Fsp3) is 0.700. The van der Waals surface area contributed by atoms with Crippen LogP contribution in [0.5, 0.6) is 0 Å². The van der Waals surface area contributed by atoms with E-state index in [4.69, 9.17) is 15.6 Å². The molecule has 0 radical (unpaired) electrons. The minimum atomic E-state index is -0.935. The Kier molecular flexibility index (Phi) is 8.71. The Morgan fingerprint density at radius 1 is 1.33 bits per heavy atom. The molecule has 104 valence electrons. The van der Waals surface area contributed by atoms with Crippen LogP contribution in [0.1, 0.15) is 6.92 Å². The van der Waals surface area contributed by atoms with Gasteiger partial charge in [0.05, 0.1) is 19.8 Å². The molecule has 0 aromatic rings. The van der Waals surface area contributed by atoms with Gasteiger partial charge in [-0.05, 0) is 0 Å². The van der Waals surface area contributed by atoms with Gasteiger partial charge in [0, 0.05) is 26.6 Å². The standard InChI is InChI=1S/C10H19N3O5/c1-8(15)13(4-2-11)10(17)9(16)12-3-6-18-7-5-14/h14H,2-7,11H2,1H3,(H,12,16). The Balaban J connectivity index is 4.07. The Labute approximate surface area is 105 Å². The number of ether oxygens (including phenoxy) is 1. The quantitative estimate of drug-likeness (QED) is 0.342. The van der Waals surface area contributed by atoms with Crippen LogP contribution in [0.25, 0.3) is 0 Å². The van der Waals surface area contributed by atoms with Gasteiger partial charge < -0.3 is 20.9 Å². The van der Waals surface area contributed by atoms with Gasteiger partial charge in [0.15, 0.2) is 0 Å². The third-order valence-corrected chi connectivity index (χ3v) is 1.94. The van der Waals surface area contributed by atoms with Gasteiger partial charge in [0.25, 0.3) is 0 Å². The van der Waals surface area contributed by atoms with Crippen LogP contribution < -0.4 is 11.1 Å². The molecule has 8 heteroatoms. The molecule has 0 atom stereocenters. The highest BCUT2D eigenvalue weighted by Crippen LogP contribution is 1.90. The molecule has 0 saturated carbocycles. The van der Waals surface area contributed by atoms with Crippen molar-refractivity contribution in [2.24, 2.45) is 5.73 Å². The summed E-state index contributed by atoms with van der Waals surface area (Å²) in [5, 5.41) is 10.7. The monoisotopic (exact) mass is 261 g/mol. The van der Waals surface area contributed by atoms with Crippen molar-refractivity contribution >= 4 is 17.7 Å². The lowest BCUT2D eigenvalue weighted by atomic mass is 10.4. The zero-order valence-electron chi connectivity index (χ0n) is 10.3. The van der Waals surface area contributed by atoms with Crippen LogP contribution in [0.4, 0.5) is 0 Å². The number of carbonyl (C=O) groups excluding carboxylic acids is 3. The van der Waals surface area contributed by atoms with Gasteiger partial charge in [-0.15, -0.1) is 0 Å². The molecule has 0 bridgehead atoms. The second-order valence-electron chi connectivity index (χ2n) is 3.36. The maximum atomic E-state index is 11.6. The Hall–Kier alpha value is -1.51. The Bertz CT molecular complexity index is 295. The molecule has 18 heavy (non-hydrogen) atoms. The van der Waals surface area contributed by atoms with Crippen molar-refractivity contribution in [2.75, 3.05) is 39.5 Å². The number of aliphatic hydroxyl groups excluding tert-OH is 1. The molecule has 8 nitrogen and oxygen atoms in total. The second-order valence-corrected chi connectivity index (χ2v) is 3.36. The topological polar surface area (TPSA) is 122 Å². The van der Waals surface area contributed by atoms with Crippen molar-refractivity contribution in [3.63, 3.8) is 0 Å². The molecule has 0 rings (SSSR count). The number of amides is 3. The molecule has 0 aliphatic carbocycles. The number of rotatable bonds is 7. The third kappa shape index (κ3) is 6.28. The molecule has 0 aromatic carbocycles. The van der Waals surface area contributed by atoms with E-state index in [1.165, 1.54) is 6.92 Å². The Morgan fingerprint density at radius 3 is 2.50 bits per heavy atom. The number of nitrogens with zero attached hydrogens (tertiary/aromatic N) is 1. The van der Waals surface area contributed by atoms with Gasteiger partial charge >= 0.3 is 11.8 Å². The summed E-state index contributed by atoms with van der Waals surface area (Å²) in [5.41, 5.74) is 5.24. The van der Waals surface area contributed by atoms with Gasteiger partial charge in [-0.1, -0.05) is 0 Å².